The van der Waals surface area contributed by atoms with Crippen LogP contribution >= 0.6 is 11.8 Å². The van der Waals surface area contributed by atoms with Gasteiger partial charge in [0.05, 0.1) is 0 Å². The van der Waals surface area contributed by atoms with Crippen LogP contribution in [0.15, 0.2) is 53.1 Å². The monoisotopic (exact) mass is 427 g/mol. The van der Waals surface area contributed by atoms with E-state index in [0.29, 0.717) is 23.4 Å². The first kappa shape index (κ1) is 20.1. The van der Waals surface area contributed by atoms with E-state index < -0.39 is 17.6 Å². The number of rotatable bonds is 7. The number of likely N-dealkylation sites (N-methyl/N-ethyl adjacent to an activating group) is 2. The lowest BCUT2D eigenvalue weighted by molar-refractivity contribution is -0.128. The summed E-state index contributed by atoms with van der Waals surface area (Å²) in [5, 5.41) is 12.3. The molecule has 1 fully saturated rings. The first-order valence-electron chi connectivity index (χ1n) is 9.26. The molecule has 0 radical (unpaired) electrons. The molecule has 3 amide bonds. The highest BCUT2D eigenvalue weighted by atomic mass is 32.2. The van der Waals surface area contributed by atoms with Gasteiger partial charge in [-0.3, -0.25) is 24.5 Å². The van der Waals surface area contributed by atoms with E-state index in [1.54, 1.807) is 13.1 Å². The van der Waals surface area contributed by atoms with Gasteiger partial charge in [-0.2, -0.15) is 0 Å². The molecule has 2 aliphatic rings. The zero-order chi connectivity index (χ0) is 21.3. The van der Waals surface area contributed by atoms with Crippen LogP contribution in [0.3, 0.4) is 0 Å². The standard InChI is InChI=1S/C19H21N7O3S/c1-4-10-26-13(11-29-12-8-6-5-7-9-12)22-23-18(26)30-17-20-14-15(21-17)24(2)19(28)25(3)16(14)27/h4-9,14,17,20H,1,10-11H2,2-3H3/t14-,17-/m1/s1. The van der Waals surface area contributed by atoms with Gasteiger partial charge in [0, 0.05) is 20.6 Å². The Labute approximate surface area is 177 Å². The summed E-state index contributed by atoms with van der Waals surface area (Å²) in [6.07, 6.45) is 1.75. The molecule has 11 heteroatoms. The summed E-state index contributed by atoms with van der Waals surface area (Å²) in [4.78, 5) is 31.5. The van der Waals surface area contributed by atoms with E-state index in [4.69, 9.17) is 4.74 Å². The number of hydrogen-bond acceptors (Lipinski definition) is 8. The Kier molecular flexibility index (Phi) is 5.55. The van der Waals surface area contributed by atoms with Crippen molar-refractivity contribution in [1.29, 1.82) is 0 Å². The number of thioether (sulfide) groups is 1. The van der Waals surface area contributed by atoms with E-state index in [1.807, 2.05) is 34.9 Å². The summed E-state index contributed by atoms with van der Waals surface area (Å²) < 4.78 is 7.67. The Morgan fingerprint density at radius 2 is 1.97 bits per heavy atom. The number of carbonyl (C=O) groups is 2. The summed E-state index contributed by atoms with van der Waals surface area (Å²) in [5.41, 5.74) is -0.480. The summed E-state index contributed by atoms with van der Waals surface area (Å²) in [5.74, 6) is 1.46. The second-order valence-electron chi connectivity index (χ2n) is 6.70. The van der Waals surface area contributed by atoms with Crippen LogP contribution in [0.4, 0.5) is 4.79 Å². The maximum Gasteiger partial charge on any atom is 0.331 e. The number of urea groups is 1. The third-order valence-electron chi connectivity index (χ3n) is 4.75. The lowest BCUT2D eigenvalue weighted by Gasteiger charge is -2.32. The van der Waals surface area contributed by atoms with Crippen LogP contribution in [0.5, 0.6) is 5.75 Å². The summed E-state index contributed by atoms with van der Waals surface area (Å²) in [7, 11) is 3.06. The Balaban J connectivity index is 1.50. The van der Waals surface area contributed by atoms with E-state index in [2.05, 4.69) is 27.1 Å². The van der Waals surface area contributed by atoms with Gasteiger partial charge in [-0.1, -0.05) is 24.3 Å². The fourth-order valence-electron chi connectivity index (χ4n) is 3.17. The van der Waals surface area contributed by atoms with Crippen molar-refractivity contribution in [1.82, 2.24) is 29.9 Å². The molecule has 1 saturated heterocycles. The highest BCUT2D eigenvalue weighted by Crippen LogP contribution is 2.28. The van der Waals surface area contributed by atoms with E-state index in [1.165, 1.54) is 23.7 Å². The number of carbonyl (C=O) groups excluding carboxylic acids is 2. The van der Waals surface area contributed by atoms with Crippen molar-refractivity contribution >= 4 is 29.5 Å². The average molecular weight is 427 g/mol. The third kappa shape index (κ3) is 3.68. The number of amides is 3. The molecule has 0 spiro atoms. The quantitative estimate of drug-likeness (QED) is 0.664. The first-order chi connectivity index (χ1) is 14.5. The predicted molar refractivity (Wildman–Crippen MR) is 111 cm³/mol. The van der Waals surface area contributed by atoms with Crippen molar-refractivity contribution in [3.05, 3.63) is 48.8 Å². The number of ether oxygens (including phenoxy) is 1. The van der Waals surface area contributed by atoms with E-state index >= 15 is 0 Å². The lowest BCUT2D eigenvalue weighted by Crippen LogP contribution is -2.61. The van der Waals surface area contributed by atoms with Gasteiger partial charge in [0.15, 0.2) is 16.5 Å². The van der Waals surface area contributed by atoms with Gasteiger partial charge in [-0.25, -0.2) is 9.79 Å². The third-order valence-corrected chi connectivity index (χ3v) is 5.72. The highest BCUT2D eigenvalue weighted by Gasteiger charge is 2.45. The lowest BCUT2D eigenvalue weighted by atomic mass is 10.2. The van der Waals surface area contributed by atoms with Crippen LogP contribution in [0.25, 0.3) is 0 Å². The SMILES string of the molecule is C=CCn1c(COc2ccccc2)nnc1S[C@H]1N=C2[C@@H](N1)C(=O)N(C)C(=O)N2C. The number of nitrogens with one attached hydrogen (secondary N) is 1. The van der Waals surface area contributed by atoms with Gasteiger partial charge in [-0.05, 0) is 23.9 Å². The fourth-order valence-corrected chi connectivity index (χ4v) is 4.13. The molecule has 1 N–H and O–H groups in total. The maximum absolute atomic E-state index is 12.4. The zero-order valence-corrected chi connectivity index (χ0v) is 17.4. The maximum atomic E-state index is 12.4. The van der Waals surface area contributed by atoms with Crippen molar-refractivity contribution < 1.29 is 14.3 Å². The zero-order valence-electron chi connectivity index (χ0n) is 16.6. The molecule has 0 saturated carbocycles. The first-order valence-corrected chi connectivity index (χ1v) is 10.1. The molecule has 1 aromatic carbocycles. The van der Waals surface area contributed by atoms with Crippen LogP contribution in [0.2, 0.25) is 0 Å². The number of aliphatic imine (C=N–C) groups is 1. The van der Waals surface area contributed by atoms with Crippen LogP contribution in [0, 0.1) is 0 Å². The largest absolute Gasteiger partial charge is 0.486 e. The van der Waals surface area contributed by atoms with Crippen molar-refractivity contribution in [2.24, 2.45) is 4.99 Å². The van der Waals surface area contributed by atoms with Gasteiger partial charge in [0.2, 0.25) is 0 Å². The van der Waals surface area contributed by atoms with E-state index in [9.17, 15) is 9.59 Å². The van der Waals surface area contributed by atoms with Crippen molar-refractivity contribution in [2.75, 3.05) is 14.1 Å². The van der Waals surface area contributed by atoms with Crippen molar-refractivity contribution in [3.8, 4) is 5.75 Å². The van der Waals surface area contributed by atoms with Gasteiger partial charge >= 0.3 is 6.03 Å². The Morgan fingerprint density at radius 1 is 1.20 bits per heavy atom. The molecule has 0 bridgehead atoms. The second kappa shape index (κ2) is 8.28. The van der Waals surface area contributed by atoms with Crippen molar-refractivity contribution in [3.63, 3.8) is 0 Å². The summed E-state index contributed by atoms with van der Waals surface area (Å²) in [6, 6.07) is 8.39. The fraction of sp³-hybridized carbons (Fsp3) is 0.316. The summed E-state index contributed by atoms with van der Waals surface area (Å²) in [6.45, 7) is 4.55. The second-order valence-corrected chi connectivity index (χ2v) is 7.74. The number of benzene rings is 1. The molecule has 10 nitrogen and oxygen atoms in total. The van der Waals surface area contributed by atoms with Crippen LogP contribution in [-0.4, -0.2) is 68.0 Å². The Hall–Kier alpha value is -3.18. The minimum Gasteiger partial charge on any atom is -0.486 e. The molecule has 156 valence electrons. The molecule has 30 heavy (non-hydrogen) atoms. The molecule has 2 aliphatic heterocycles. The number of amidine groups is 1. The average Bonchev–Trinajstić information content (AvgIpc) is 3.35. The normalized spacial score (nSPS) is 20.9. The summed E-state index contributed by atoms with van der Waals surface area (Å²) >= 11 is 1.31. The van der Waals surface area contributed by atoms with Crippen LogP contribution in [-0.2, 0) is 17.9 Å². The molecule has 4 rings (SSSR count). The van der Waals surface area contributed by atoms with Gasteiger partial charge in [-0.15, -0.1) is 16.8 Å². The molecule has 2 atom stereocenters. The minimum atomic E-state index is -0.660. The highest BCUT2D eigenvalue weighted by molar-refractivity contribution is 7.99. The molecule has 2 aromatic rings. The number of imide groups is 1. The topological polar surface area (TPSA) is 105 Å². The number of hydrogen-bond donors (Lipinski definition) is 1. The minimum absolute atomic E-state index is 0.251. The Morgan fingerprint density at radius 3 is 2.70 bits per heavy atom. The number of para-hydroxylation sites is 1. The van der Waals surface area contributed by atoms with Gasteiger partial charge in [0.1, 0.15) is 24.2 Å². The number of aromatic nitrogens is 3. The van der Waals surface area contributed by atoms with E-state index in [0.717, 1.165) is 10.6 Å². The molecule has 1 aromatic heterocycles. The molecular formula is C19H21N7O3S. The number of nitrogens with zero attached hydrogens (tertiary/aromatic N) is 6. The van der Waals surface area contributed by atoms with Crippen molar-refractivity contribution in [2.45, 2.75) is 29.8 Å². The number of allylic oxidation sites excluding steroid dienone is 1. The van der Waals surface area contributed by atoms with E-state index in [-0.39, 0.29) is 12.5 Å². The smallest absolute Gasteiger partial charge is 0.331 e. The molecule has 3 heterocycles. The van der Waals surface area contributed by atoms with Crippen LogP contribution < -0.4 is 10.1 Å². The number of fused-ring (bicyclic) bond motifs is 1. The van der Waals surface area contributed by atoms with Gasteiger partial charge in [0.25, 0.3) is 5.91 Å². The molecule has 0 unspecified atom stereocenters. The Bertz CT molecular complexity index is 1010. The predicted octanol–water partition coefficient (Wildman–Crippen LogP) is 1.31. The van der Waals surface area contributed by atoms with Gasteiger partial charge < -0.3 is 4.74 Å². The van der Waals surface area contributed by atoms with Crippen LogP contribution in [0.1, 0.15) is 5.82 Å². The molecule has 0 aliphatic carbocycles. The molecular weight excluding hydrogens is 406 g/mol.